The Morgan fingerprint density at radius 3 is 2.30 bits per heavy atom. The molecule has 0 N–H and O–H groups in total. The number of alkyl halides is 3. The number of rotatable bonds is 3. The summed E-state index contributed by atoms with van der Waals surface area (Å²) in [5.74, 6) is -0.842. The van der Waals surface area contributed by atoms with Crippen LogP contribution in [0.25, 0.3) is 0 Å². The highest BCUT2D eigenvalue weighted by atomic mass is 19.4. The highest BCUT2D eigenvalue weighted by Gasteiger charge is 2.46. The third-order valence-corrected chi connectivity index (χ3v) is 2.84. The van der Waals surface area contributed by atoms with Gasteiger partial charge in [0.25, 0.3) is 0 Å². The van der Waals surface area contributed by atoms with Gasteiger partial charge in [-0.2, -0.15) is 13.2 Å². The predicted molar refractivity (Wildman–Crippen MR) is 76.4 cm³/mol. The topological polar surface area (TPSA) is 55.8 Å². The van der Waals surface area contributed by atoms with Gasteiger partial charge in [-0.1, -0.05) is 13.8 Å². The summed E-state index contributed by atoms with van der Waals surface area (Å²) in [5, 5.41) is 0. The van der Waals surface area contributed by atoms with Gasteiger partial charge in [0.1, 0.15) is 11.6 Å². The van der Waals surface area contributed by atoms with Gasteiger partial charge in [0.2, 0.25) is 0 Å². The van der Waals surface area contributed by atoms with E-state index in [1.54, 1.807) is 34.6 Å². The highest BCUT2D eigenvalue weighted by molar-refractivity contribution is 5.84. The summed E-state index contributed by atoms with van der Waals surface area (Å²) in [4.78, 5) is 24.8. The number of ether oxygens (including phenoxy) is 2. The lowest BCUT2D eigenvalue weighted by molar-refractivity contribution is -0.149. The molecule has 0 aromatic heterocycles. The molecule has 5 nitrogen and oxygen atoms in total. The van der Waals surface area contributed by atoms with Crippen molar-refractivity contribution in [3.63, 3.8) is 0 Å². The van der Waals surface area contributed by atoms with Crippen LogP contribution in [0.2, 0.25) is 0 Å². The molecule has 1 aliphatic rings. The first-order valence-corrected chi connectivity index (χ1v) is 7.27. The van der Waals surface area contributed by atoms with Crippen LogP contribution >= 0.6 is 0 Å². The molecule has 1 atom stereocenters. The largest absolute Gasteiger partial charge is 0.464 e. The molecule has 132 valence electrons. The maximum absolute atomic E-state index is 12.9. The van der Waals surface area contributed by atoms with Crippen molar-refractivity contribution in [3.8, 4) is 0 Å². The SMILES string of the molecule is CC(C)COC(=O)[C@H]1CC(C(F)(F)F)=CN1C(=O)OC(C)(C)C. The van der Waals surface area contributed by atoms with E-state index >= 15 is 0 Å². The molecule has 1 amide bonds. The Morgan fingerprint density at radius 2 is 1.87 bits per heavy atom. The Balaban J connectivity index is 2.95. The zero-order valence-electron chi connectivity index (χ0n) is 13.9. The van der Waals surface area contributed by atoms with E-state index in [1.807, 2.05) is 0 Å². The van der Waals surface area contributed by atoms with Crippen LogP contribution in [0.1, 0.15) is 41.0 Å². The second-order valence-corrected chi connectivity index (χ2v) is 6.78. The Kier molecular flexibility index (Phi) is 5.71. The van der Waals surface area contributed by atoms with Crippen LogP contribution in [0.3, 0.4) is 0 Å². The van der Waals surface area contributed by atoms with Crippen molar-refractivity contribution in [1.29, 1.82) is 0 Å². The van der Waals surface area contributed by atoms with Crippen molar-refractivity contribution < 1.29 is 32.2 Å². The molecular weight excluding hydrogens is 315 g/mol. The van der Waals surface area contributed by atoms with Gasteiger partial charge in [0, 0.05) is 12.6 Å². The Morgan fingerprint density at radius 1 is 1.30 bits per heavy atom. The molecule has 1 heterocycles. The molecule has 0 aliphatic carbocycles. The smallest absolute Gasteiger partial charge is 0.415 e. The molecule has 0 spiro atoms. The van der Waals surface area contributed by atoms with E-state index in [0.717, 1.165) is 0 Å². The van der Waals surface area contributed by atoms with Crippen LogP contribution in [0.15, 0.2) is 11.8 Å². The first-order chi connectivity index (χ1) is 10.3. The average Bonchev–Trinajstić information content (AvgIpc) is 2.78. The minimum Gasteiger partial charge on any atom is -0.464 e. The molecule has 0 radical (unpaired) electrons. The van der Waals surface area contributed by atoms with E-state index in [1.165, 1.54) is 0 Å². The maximum Gasteiger partial charge on any atom is 0.415 e. The van der Waals surface area contributed by atoms with Crippen molar-refractivity contribution >= 4 is 12.1 Å². The molecular formula is C15H22F3NO4. The molecule has 0 saturated carbocycles. The van der Waals surface area contributed by atoms with Gasteiger partial charge in [-0.3, -0.25) is 4.90 Å². The van der Waals surface area contributed by atoms with Gasteiger partial charge in [0.15, 0.2) is 0 Å². The van der Waals surface area contributed by atoms with Gasteiger partial charge in [-0.25, -0.2) is 9.59 Å². The normalized spacial score (nSPS) is 18.9. The molecule has 8 heteroatoms. The van der Waals surface area contributed by atoms with Crippen LogP contribution in [0.5, 0.6) is 0 Å². The van der Waals surface area contributed by atoms with Crippen LogP contribution in [-0.2, 0) is 14.3 Å². The standard InChI is InChI=1S/C15H22F3NO4/c1-9(2)8-22-12(20)11-6-10(15(16,17)18)7-19(11)13(21)23-14(3,4)5/h7,9,11H,6,8H2,1-5H3/t11-/m1/s1. The second kappa shape index (κ2) is 6.80. The fourth-order valence-corrected chi connectivity index (χ4v) is 1.84. The minimum atomic E-state index is -4.62. The van der Waals surface area contributed by atoms with Gasteiger partial charge in [-0.15, -0.1) is 0 Å². The zero-order valence-corrected chi connectivity index (χ0v) is 13.9. The van der Waals surface area contributed by atoms with E-state index in [9.17, 15) is 22.8 Å². The molecule has 0 aromatic carbocycles. The molecule has 23 heavy (non-hydrogen) atoms. The molecule has 1 rings (SSSR count). The number of esters is 1. The summed E-state index contributed by atoms with van der Waals surface area (Å²) in [6, 6.07) is -1.36. The summed E-state index contributed by atoms with van der Waals surface area (Å²) in [5.41, 5.74) is -1.85. The van der Waals surface area contributed by atoms with E-state index in [0.29, 0.717) is 11.1 Å². The fraction of sp³-hybridized carbons (Fsp3) is 0.733. The first kappa shape index (κ1) is 19.3. The Bertz CT molecular complexity index is 492. The van der Waals surface area contributed by atoms with Gasteiger partial charge < -0.3 is 9.47 Å². The van der Waals surface area contributed by atoms with Crippen molar-refractivity contribution in [2.45, 2.75) is 58.9 Å². The number of hydrogen-bond donors (Lipinski definition) is 0. The highest BCUT2D eigenvalue weighted by Crippen LogP contribution is 2.36. The van der Waals surface area contributed by atoms with Crippen molar-refractivity contribution in [2.24, 2.45) is 5.92 Å². The molecule has 0 unspecified atom stereocenters. The van der Waals surface area contributed by atoms with Gasteiger partial charge >= 0.3 is 18.2 Å². The lowest BCUT2D eigenvalue weighted by Gasteiger charge is -2.26. The number of amides is 1. The van der Waals surface area contributed by atoms with Gasteiger partial charge in [-0.05, 0) is 26.7 Å². The molecule has 0 aromatic rings. The number of hydrogen-bond acceptors (Lipinski definition) is 4. The lowest BCUT2D eigenvalue weighted by Crippen LogP contribution is -2.42. The lowest BCUT2D eigenvalue weighted by atomic mass is 10.1. The summed E-state index contributed by atoms with van der Waals surface area (Å²) in [6.45, 7) is 8.42. The van der Waals surface area contributed by atoms with Crippen LogP contribution < -0.4 is 0 Å². The molecule has 0 saturated heterocycles. The third-order valence-electron chi connectivity index (χ3n) is 2.84. The average molecular weight is 337 g/mol. The van der Waals surface area contributed by atoms with Crippen LogP contribution in [-0.4, -0.2) is 41.4 Å². The first-order valence-electron chi connectivity index (χ1n) is 7.27. The molecule has 0 bridgehead atoms. The van der Waals surface area contributed by atoms with Crippen molar-refractivity contribution in [2.75, 3.05) is 6.61 Å². The summed E-state index contributed by atoms with van der Waals surface area (Å²) in [7, 11) is 0. The minimum absolute atomic E-state index is 0.0328. The maximum atomic E-state index is 12.9. The monoisotopic (exact) mass is 337 g/mol. The predicted octanol–water partition coefficient (Wildman–Crippen LogP) is 3.64. The number of nitrogens with zero attached hydrogens (tertiary/aromatic N) is 1. The van der Waals surface area contributed by atoms with Crippen molar-refractivity contribution in [1.82, 2.24) is 4.90 Å². The number of halogens is 3. The van der Waals surface area contributed by atoms with E-state index in [2.05, 4.69) is 0 Å². The summed E-state index contributed by atoms with van der Waals surface area (Å²) in [6.07, 6.45) is -5.65. The third kappa shape index (κ3) is 5.76. The fourth-order valence-electron chi connectivity index (χ4n) is 1.84. The quantitative estimate of drug-likeness (QED) is 0.738. The van der Waals surface area contributed by atoms with Crippen LogP contribution in [0.4, 0.5) is 18.0 Å². The van der Waals surface area contributed by atoms with Gasteiger partial charge in [0.05, 0.1) is 12.2 Å². The van der Waals surface area contributed by atoms with Crippen LogP contribution in [0, 0.1) is 5.92 Å². The molecule has 0 fully saturated rings. The second-order valence-electron chi connectivity index (χ2n) is 6.78. The number of carbonyl (C=O) groups excluding carboxylic acids is 2. The zero-order chi connectivity index (χ0) is 18.0. The van der Waals surface area contributed by atoms with E-state index in [-0.39, 0.29) is 12.5 Å². The van der Waals surface area contributed by atoms with E-state index < -0.39 is 41.9 Å². The summed E-state index contributed by atoms with van der Waals surface area (Å²) >= 11 is 0. The van der Waals surface area contributed by atoms with Crippen molar-refractivity contribution in [3.05, 3.63) is 11.8 Å². The Hall–Kier alpha value is -1.73. The van der Waals surface area contributed by atoms with E-state index in [4.69, 9.17) is 9.47 Å². The summed E-state index contributed by atoms with van der Waals surface area (Å²) < 4.78 is 48.7. The Labute approximate surface area is 133 Å². The molecule has 1 aliphatic heterocycles. The number of carbonyl (C=O) groups is 2.